The largest absolute Gasteiger partial charge is 0.275 e. The van der Waals surface area contributed by atoms with Crippen LogP contribution >= 0.6 is 11.6 Å². The fourth-order valence-electron chi connectivity index (χ4n) is 1.23. The molecule has 0 atom stereocenters. The lowest BCUT2D eigenvalue weighted by Gasteiger charge is -1.94. The maximum absolute atomic E-state index is 13.6. The summed E-state index contributed by atoms with van der Waals surface area (Å²) in [6.07, 6.45) is 1.06. The Morgan fingerprint density at radius 3 is 2.69 bits per heavy atom. The zero-order valence-electron chi connectivity index (χ0n) is 8.34. The molecule has 0 bridgehead atoms. The molecule has 0 amide bonds. The summed E-state index contributed by atoms with van der Waals surface area (Å²) in [5.41, 5.74) is -0.478. The summed E-state index contributed by atoms with van der Waals surface area (Å²) in [5.74, 6) is -1.61. The summed E-state index contributed by atoms with van der Waals surface area (Å²) < 4.78 is 27.1. The van der Waals surface area contributed by atoms with Crippen molar-refractivity contribution < 1.29 is 13.6 Å². The van der Waals surface area contributed by atoms with E-state index in [0.29, 0.717) is 0 Å². The Bertz CT molecular complexity index is 454. The van der Waals surface area contributed by atoms with Crippen molar-refractivity contribution in [3.8, 4) is 0 Å². The van der Waals surface area contributed by atoms with Gasteiger partial charge in [-0.15, -0.1) is 6.58 Å². The highest BCUT2D eigenvalue weighted by Crippen LogP contribution is 2.18. The van der Waals surface area contributed by atoms with Crippen LogP contribution in [0.1, 0.15) is 16.1 Å². The number of hydrogen-bond acceptors (Lipinski definition) is 2. The monoisotopic (exact) mass is 246 g/mol. The minimum Gasteiger partial charge on any atom is -0.275 e. The Morgan fingerprint density at radius 2 is 2.25 bits per heavy atom. The van der Waals surface area contributed by atoms with Crippen LogP contribution in [-0.2, 0) is 13.0 Å². The van der Waals surface area contributed by atoms with Gasteiger partial charge in [0.05, 0.1) is 18.1 Å². The summed E-state index contributed by atoms with van der Waals surface area (Å²) in [7, 11) is 0. The van der Waals surface area contributed by atoms with Gasteiger partial charge in [0.2, 0.25) is 5.95 Å². The standard InChI is InChI=1S/C10H9ClF2N2O/c1-3-4-15-10(13)8(9(11)16)7(14-15)5-6(2)12/h3H,1-2,4-5H2. The molecule has 0 aromatic carbocycles. The molecule has 6 heteroatoms. The molecule has 0 aliphatic rings. The molecule has 3 nitrogen and oxygen atoms in total. The third-order valence-corrected chi connectivity index (χ3v) is 2.01. The smallest absolute Gasteiger partial charge is 0.258 e. The third kappa shape index (κ3) is 2.55. The minimum atomic E-state index is -1.01. The second kappa shape index (κ2) is 5.03. The van der Waals surface area contributed by atoms with E-state index < -0.39 is 22.6 Å². The molecular formula is C10H9ClF2N2O. The van der Waals surface area contributed by atoms with Gasteiger partial charge >= 0.3 is 0 Å². The maximum Gasteiger partial charge on any atom is 0.258 e. The molecule has 0 unspecified atom stereocenters. The molecule has 86 valence electrons. The first kappa shape index (κ1) is 12.6. The van der Waals surface area contributed by atoms with Crippen LogP contribution in [0.25, 0.3) is 0 Å². The van der Waals surface area contributed by atoms with Crippen molar-refractivity contribution in [2.24, 2.45) is 0 Å². The second-order valence-electron chi connectivity index (χ2n) is 3.05. The topological polar surface area (TPSA) is 34.9 Å². The predicted octanol–water partition coefficient (Wildman–Crippen LogP) is 2.61. The third-order valence-electron chi connectivity index (χ3n) is 1.82. The first-order chi connectivity index (χ1) is 7.47. The van der Waals surface area contributed by atoms with Crippen molar-refractivity contribution >= 4 is 16.8 Å². The molecule has 0 aliphatic heterocycles. The molecule has 1 rings (SSSR count). The van der Waals surface area contributed by atoms with Crippen LogP contribution in [0.4, 0.5) is 8.78 Å². The number of rotatable bonds is 5. The lowest BCUT2D eigenvalue weighted by atomic mass is 10.2. The van der Waals surface area contributed by atoms with Crippen molar-refractivity contribution in [1.29, 1.82) is 0 Å². The molecule has 16 heavy (non-hydrogen) atoms. The van der Waals surface area contributed by atoms with E-state index in [1.54, 1.807) is 0 Å². The van der Waals surface area contributed by atoms with E-state index in [0.717, 1.165) is 4.68 Å². The van der Waals surface area contributed by atoms with Crippen molar-refractivity contribution in [1.82, 2.24) is 9.78 Å². The predicted molar refractivity (Wildman–Crippen MR) is 56.5 cm³/mol. The van der Waals surface area contributed by atoms with E-state index in [4.69, 9.17) is 11.6 Å². The first-order valence-electron chi connectivity index (χ1n) is 4.36. The molecule has 0 spiro atoms. The summed E-state index contributed by atoms with van der Waals surface area (Å²) in [5, 5.41) is 2.72. The highest BCUT2D eigenvalue weighted by atomic mass is 35.5. The van der Waals surface area contributed by atoms with Gasteiger partial charge in [0, 0.05) is 6.42 Å². The van der Waals surface area contributed by atoms with Crippen LogP contribution in [0.2, 0.25) is 0 Å². The minimum absolute atomic E-state index is 0.0631. The Hall–Kier alpha value is -1.49. The molecule has 0 fully saturated rings. The summed E-state index contributed by atoms with van der Waals surface area (Å²) in [6.45, 7) is 6.50. The normalized spacial score (nSPS) is 10.2. The fraction of sp³-hybridized carbons (Fsp3) is 0.200. The Morgan fingerprint density at radius 1 is 1.62 bits per heavy atom. The van der Waals surface area contributed by atoms with Gasteiger partial charge in [-0.2, -0.15) is 9.49 Å². The Kier molecular flexibility index (Phi) is 3.95. The van der Waals surface area contributed by atoms with E-state index in [9.17, 15) is 13.6 Å². The van der Waals surface area contributed by atoms with E-state index in [1.807, 2.05) is 0 Å². The molecule has 0 saturated heterocycles. The number of halogens is 3. The number of aromatic nitrogens is 2. The van der Waals surface area contributed by atoms with Crippen molar-refractivity contribution in [3.63, 3.8) is 0 Å². The van der Waals surface area contributed by atoms with E-state index in [2.05, 4.69) is 18.3 Å². The average Bonchev–Trinajstić information content (AvgIpc) is 2.42. The maximum atomic E-state index is 13.6. The SMILES string of the molecule is C=CCn1nc(CC(=C)F)c(C(=O)Cl)c1F. The number of hydrogen-bond donors (Lipinski definition) is 0. The van der Waals surface area contributed by atoms with Crippen LogP contribution in [0, 0.1) is 5.95 Å². The summed E-state index contributed by atoms with van der Waals surface area (Å²) >= 11 is 5.20. The van der Waals surface area contributed by atoms with E-state index >= 15 is 0 Å². The summed E-state index contributed by atoms with van der Waals surface area (Å²) in [6, 6.07) is 0. The molecule has 0 saturated carbocycles. The quantitative estimate of drug-likeness (QED) is 0.591. The van der Waals surface area contributed by atoms with Gasteiger partial charge in [-0.05, 0) is 11.6 Å². The molecule has 1 heterocycles. The van der Waals surface area contributed by atoms with Crippen molar-refractivity contribution in [2.45, 2.75) is 13.0 Å². The number of carbonyl (C=O) groups is 1. The van der Waals surface area contributed by atoms with Crippen molar-refractivity contribution in [3.05, 3.63) is 42.3 Å². The Balaban J connectivity index is 3.24. The fourth-order valence-corrected chi connectivity index (χ4v) is 1.42. The highest BCUT2D eigenvalue weighted by Gasteiger charge is 2.22. The van der Waals surface area contributed by atoms with Gasteiger partial charge in [0.1, 0.15) is 5.56 Å². The van der Waals surface area contributed by atoms with Crippen LogP contribution in [-0.4, -0.2) is 15.0 Å². The van der Waals surface area contributed by atoms with Gasteiger partial charge in [0.25, 0.3) is 5.24 Å². The lowest BCUT2D eigenvalue weighted by molar-refractivity contribution is 0.107. The van der Waals surface area contributed by atoms with Gasteiger partial charge in [-0.3, -0.25) is 4.79 Å². The van der Waals surface area contributed by atoms with Gasteiger partial charge in [0.15, 0.2) is 0 Å². The van der Waals surface area contributed by atoms with Crippen LogP contribution < -0.4 is 0 Å². The van der Waals surface area contributed by atoms with Gasteiger partial charge < -0.3 is 0 Å². The summed E-state index contributed by atoms with van der Waals surface area (Å²) in [4.78, 5) is 11.0. The molecule has 1 aromatic heterocycles. The van der Waals surface area contributed by atoms with Gasteiger partial charge in [-0.1, -0.05) is 12.7 Å². The average molecular weight is 247 g/mol. The second-order valence-corrected chi connectivity index (χ2v) is 3.39. The molecule has 0 N–H and O–H groups in total. The van der Waals surface area contributed by atoms with Gasteiger partial charge in [-0.25, -0.2) is 9.07 Å². The number of nitrogens with zero attached hydrogens (tertiary/aromatic N) is 2. The zero-order chi connectivity index (χ0) is 12.3. The zero-order valence-corrected chi connectivity index (χ0v) is 9.10. The molecule has 1 aromatic rings. The van der Waals surface area contributed by atoms with Crippen molar-refractivity contribution in [2.75, 3.05) is 0 Å². The van der Waals surface area contributed by atoms with Crippen LogP contribution in [0.5, 0.6) is 0 Å². The van der Waals surface area contributed by atoms with Crippen LogP contribution in [0.15, 0.2) is 25.1 Å². The van der Waals surface area contributed by atoms with Crippen LogP contribution in [0.3, 0.4) is 0 Å². The highest BCUT2D eigenvalue weighted by molar-refractivity contribution is 6.67. The lowest BCUT2D eigenvalue weighted by Crippen LogP contribution is -2.02. The molecule has 0 aliphatic carbocycles. The molecular weight excluding hydrogens is 238 g/mol. The molecule has 0 radical (unpaired) electrons. The Labute approximate surface area is 96.0 Å². The van der Waals surface area contributed by atoms with E-state index in [1.165, 1.54) is 6.08 Å². The number of allylic oxidation sites excluding steroid dienone is 2. The van der Waals surface area contributed by atoms with E-state index in [-0.39, 0.29) is 18.7 Å². The number of carbonyl (C=O) groups excluding carboxylic acids is 1. The first-order valence-corrected chi connectivity index (χ1v) is 4.74.